The quantitative estimate of drug-likeness (QED) is 0.0442. The number of hydrogen-bond donors (Lipinski definition) is 5. The fourth-order valence-corrected chi connectivity index (χ4v) is 17.3. The molecule has 1 atom stereocenters. The number of thioether (sulfide) groups is 3. The largest absolute Gasteiger partial charge is 0.480 e. The molecule has 22 nitrogen and oxygen atoms in total. The summed E-state index contributed by atoms with van der Waals surface area (Å²) in [5.41, 5.74) is 9.39. The van der Waals surface area contributed by atoms with Crippen molar-refractivity contribution in [3.63, 3.8) is 0 Å². The van der Waals surface area contributed by atoms with Crippen molar-refractivity contribution in [2.24, 2.45) is 0 Å². The van der Waals surface area contributed by atoms with Crippen LogP contribution in [0, 0.1) is 68.3 Å². The summed E-state index contributed by atoms with van der Waals surface area (Å²) in [5.74, 6) is -4.77. The molecule has 0 saturated carbocycles. The summed E-state index contributed by atoms with van der Waals surface area (Å²) in [7, 11) is 0. The third kappa shape index (κ3) is 21.7. The SMILES string of the molecule is CC(C)(Oc1ccc2cncc(-c3ccc(C#N)cc3)c2c1)C(=O)O.CC(C)(Sc1cc(F)c2cncc(-c3ccc(C#N)c4ccccc34)c2c1)C(=O)O.CC(C)(Sc1ccc2cncc(-c3ccc(C#N)cc3F)c2c1)C(=O)O.CC(C)(Sc1ccc2cncc(-c3cccc4c(C#N)cccc34)c2c1)C(=O)O.CC(Oc1ccc2cncc(-c3ccc(C#N)cc3)c2c1)C(=O)O. The van der Waals surface area contributed by atoms with E-state index in [1.165, 1.54) is 62.6 Å². The monoisotopic (exact) mass is 1830 g/mol. The molecule has 1 unspecified atom stereocenters. The zero-order valence-electron chi connectivity index (χ0n) is 73.3. The minimum atomic E-state index is -1.32. The Labute approximate surface area is 780 Å². The van der Waals surface area contributed by atoms with Crippen LogP contribution < -0.4 is 9.47 Å². The third-order valence-electron chi connectivity index (χ3n) is 21.6. The van der Waals surface area contributed by atoms with Crippen LogP contribution in [0.4, 0.5) is 8.78 Å². The number of ether oxygens (including phenoxy) is 2. The molecular formula is C107H80F2N10O12S3. The van der Waals surface area contributed by atoms with Gasteiger partial charge in [0.1, 0.15) is 37.4 Å². The molecule has 0 amide bonds. The van der Waals surface area contributed by atoms with Gasteiger partial charge in [0, 0.05) is 148 Å². The van der Waals surface area contributed by atoms with Crippen molar-refractivity contribution in [3.05, 3.63) is 326 Å². The maximum Gasteiger partial charge on any atom is 0.347 e. The van der Waals surface area contributed by atoms with E-state index in [4.69, 9.17) is 30.4 Å². The normalized spacial score (nSPS) is 11.4. The molecule has 5 heterocycles. The second kappa shape index (κ2) is 40.7. The minimum absolute atomic E-state index is 0.249. The Kier molecular flexibility index (Phi) is 28.9. The first kappa shape index (κ1) is 95.1. The molecule has 17 rings (SSSR count). The van der Waals surface area contributed by atoms with Gasteiger partial charge in [-0.05, 0) is 244 Å². The van der Waals surface area contributed by atoms with Crippen molar-refractivity contribution in [3.8, 4) is 97.5 Å². The molecule has 17 aromatic rings. The second-order valence-corrected chi connectivity index (χ2v) is 37.6. The van der Waals surface area contributed by atoms with Crippen molar-refractivity contribution in [2.45, 2.75) is 103 Å². The smallest absolute Gasteiger partial charge is 0.347 e. The lowest BCUT2D eigenvalue weighted by Gasteiger charge is -2.22. The summed E-state index contributed by atoms with van der Waals surface area (Å²) >= 11 is 3.64. The van der Waals surface area contributed by atoms with Gasteiger partial charge in [0.05, 0.1) is 58.2 Å². The first-order valence-corrected chi connectivity index (χ1v) is 43.7. The molecular weight excluding hydrogens is 1750 g/mol. The van der Waals surface area contributed by atoms with Crippen molar-refractivity contribution in [2.75, 3.05) is 0 Å². The van der Waals surface area contributed by atoms with E-state index in [1.807, 2.05) is 170 Å². The molecule has 0 aliphatic carbocycles. The third-order valence-corrected chi connectivity index (χ3v) is 25.2. The molecule has 0 bridgehead atoms. The molecule has 0 radical (unpaired) electrons. The van der Waals surface area contributed by atoms with Crippen molar-refractivity contribution in [1.82, 2.24) is 24.9 Å². The molecule has 5 aromatic heterocycles. The van der Waals surface area contributed by atoms with Crippen LogP contribution in [-0.4, -0.2) is 106 Å². The van der Waals surface area contributed by atoms with Crippen LogP contribution in [0.3, 0.4) is 0 Å². The number of nitrogens with zero attached hydrogens (tertiary/aromatic N) is 10. The number of carboxylic acids is 5. The second-order valence-electron chi connectivity index (χ2n) is 32.6. The Morgan fingerprint density at radius 3 is 1.17 bits per heavy atom. The number of halogens is 2. The minimum Gasteiger partial charge on any atom is -0.480 e. The first-order chi connectivity index (χ1) is 64.0. The molecule has 27 heteroatoms. The summed E-state index contributed by atoms with van der Waals surface area (Å²) in [6.07, 6.45) is 16.1. The van der Waals surface area contributed by atoms with Crippen LogP contribution in [0.25, 0.3) is 131 Å². The van der Waals surface area contributed by atoms with Crippen LogP contribution >= 0.6 is 35.3 Å². The van der Waals surface area contributed by atoms with Gasteiger partial charge in [0.2, 0.25) is 0 Å². The van der Waals surface area contributed by atoms with Crippen LogP contribution in [-0.2, 0) is 24.0 Å². The van der Waals surface area contributed by atoms with Crippen LogP contribution in [0.1, 0.15) is 90.1 Å². The Bertz CT molecular complexity index is 7760. The lowest BCUT2D eigenvalue weighted by atomic mass is 9.93. The predicted molar refractivity (Wildman–Crippen MR) is 517 cm³/mol. The van der Waals surface area contributed by atoms with E-state index >= 15 is 0 Å². The molecule has 5 N–H and O–H groups in total. The van der Waals surface area contributed by atoms with Crippen LogP contribution in [0.2, 0.25) is 0 Å². The van der Waals surface area contributed by atoms with Gasteiger partial charge in [-0.25, -0.2) is 18.4 Å². The molecule has 0 fully saturated rings. The van der Waals surface area contributed by atoms with Gasteiger partial charge >= 0.3 is 29.8 Å². The summed E-state index contributed by atoms with van der Waals surface area (Å²) in [5, 5.41) is 104. The van der Waals surface area contributed by atoms with E-state index in [1.54, 1.807) is 146 Å². The van der Waals surface area contributed by atoms with E-state index in [0.717, 1.165) is 131 Å². The Morgan fingerprint density at radius 1 is 0.321 bits per heavy atom. The number of aliphatic carboxylic acids is 5. The topological polar surface area (TPSA) is 388 Å². The highest BCUT2D eigenvalue weighted by atomic mass is 32.2. The van der Waals surface area contributed by atoms with E-state index < -0.39 is 67.4 Å². The average molecular weight is 1830 g/mol. The number of benzene rings is 12. The fraction of sp³-hybridized carbons (Fsp3) is 0.131. The zero-order valence-corrected chi connectivity index (χ0v) is 75.7. The lowest BCUT2D eigenvalue weighted by Crippen LogP contribution is -2.37. The van der Waals surface area contributed by atoms with Gasteiger partial charge in [0.15, 0.2) is 11.7 Å². The van der Waals surface area contributed by atoms with Gasteiger partial charge < -0.3 is 35.0 Å². The number of aromatic nitrogens is 5. The summed E-state index contributed by atoms with van der Waals surface area (Å²) in [6, 6.07) is 77.5. The first-order valence-electron chi connectivity index (χ1n) is 41.3. The van der Waals surface area contributed by atoms with E-state index in [2.05, 4.69) is 49.2 Å². The Morgan fingerprint density at radius 2 is 0.701 bits per heavy atom. The molecule has 12 aromatic carbocycles. The van der Waals surface area contributed by atoms with Crippen molar-refractivity contribution >= 4 is 141 Å². The van der Waals surface area contributed by atoms with E-state index in [0.29, 0.717) is 60.5 Å². The molecule has 662 valence electrons. The molecule has 0 aliphatic rings. The van der Waals surface area contributed by atoms with E-state index in [-0.39, 0.29) is 5.56 Å². The van der Waals surface area contributed by atoms with Crippen molar-refractivity contribution < 1.29 is 67.8 Å². The number of carbonyl (C=O) groups is 5. The van der Waals surface area contributed by atoms with Gasteiger partial charge in [-0.1, -0.05) is 103 Å². The zero-order chi connectivity index (χ0) is 96.1. The van der Waals surface area contributed by atoms with E-state index in [9.17, 15) is 63.7 Å². The highest BCUT2D eigenvalue weighted by Gasteiger charge is 2.33. The summed E-state index contributed by atoms with van der Waals surface area (Å²) in [6.45, 7) is 14.3. The van der Waals surface area contributed by atoms with Crippen molar-refractivity contribution in [1.29, 1.82) is 26.3 Å². The van der Waals surface area contributed by atoms with Gasteiger partial charge in [-0.2, -0.15) is 26.3 Å². The molecule has 134 heavy (non-hydrogen) atoms. The number of rotatable bonds is 20. The average Bonchev–Trinajstić information content (AvgIpc) is 0.765. The summed E-state index contributed by atoms with van der Waals surface area (Å²) in [4.78, 5) is 80.2. The number of carboxylic acid groups (broad SMARTS) is 5. The Hall–Kier alpha value is -16.5. The van der Waals surface area contributed by atoms with Gasteiger partial charge in [0.25, 0.3) is 0 Å². The number of nitriles is 5. The summed E-state index contributed by atoms with van der Waals surface area (Å²) < 4.78 is 37.4. The predicted octanol–water partition coefficient (Wildman–Crippen LogP) is 24.4. The van der Waals surface area contributed by atoms with Gasteiger partial charge in [-0.15, -0.1) is 35.3 Å². The highest BCUT2D eigenvalue weighted by Crippen LogP contribution is 2.45. The lowest BCUT2D eigenvalue weighted by molar-refractivity contribution is -0.152. The number of fused-ring (bicyclic) bond motifs is 7. The standard InChI is InChI=1S/C24H17FN2O2S.C24H18N2O2S.C20H15FN2O2S.C20H16N2O3.C19H14N2O3/c1-24(2,23(28)29)30-15-9-19-20(12-27-13-21(19)22(25)10-15)18-8-7-14(11-26)16-5-3-4-6-17(16)18;1-24(2,23(27)28)29-17-10-9-16-13-26-14-22(21(16)11-17)20-8-4-6-18-15(12-25)5-3-7-19(18)20;1-20(2,19(24)25)26-14-5-4-13-10-23-11-17(16(13)8-14)15-6-3-12(9-22)7-18(15)21;1-20(2,19(23)24)25-16-8-7-15-11-22-12-18(17(15)9-16)14-5-3-13(10-21)4-6-14;1-12(19(22)23)24-16-7-6-15-10-21-11-18(17(15)8-16)14-4-2-13(9-20)3-5-14/h3-10,12-13H,1-2H3,(H,28,29);3-11,13-14H,1-2H3,(H,27,28);3-8,10-11H,1-2H3,(H,24,25);3-9,11-12H,1-2H3,(H,23,24);2-8,10-12H,1H3,(H,22,23). The Balaban J connectivity index is 0.000000142. The fourth-order valence-electron chi connectivity index (χ4n) is 14.3. The number of hydrogen-bond acceptors (Lipinski definition) is 20. The van der Waals surface area contributed by atoms with Crippen LogP contribution in [0.15, 0.2) is 301 Å². The molecule has 0 saturated heterocycles. The molecule has 0 spiro atoms. The maximum atomic E-state index is 14.9. The highest BCUT2D eigenvalue weighted by molar-refractivity contribution is 8.02. The van der Waals surface area contributed by atoms with Crippen LogP contribution in [0.5, 0.6) is 11.5 Å². The van der Waals surface area contributed by atoms with Gasteiger partial charge in [-0.3, -0.25) is 39.3 Å². The molecule has 0 aliphatic heterocycles. The maximum absolute atomic E-state index is 14.9. The number of pyridine rings is 5.